The number of carbonyl (C=O) groups excluding carboxylic acids is 2. The van der Waals surface area contributed by atoms with Crippen molar-refractivity contribution in [3.8, 4) is 5.75 Å². The summed E-state index contributed by atoms with van der Waals surface area (Å²) in [7, 11) is 0. The largest absolute Gasteiger partial charge is 0.427 e. The normalized spacial score (nSPS) is 36.1. The average Bonchev–Trinajstić information content (AvgIpc) is 2.88. The van der Waals surface area contributed by atoms with Crippen molar-refractivity contribution in [2.75, 3.05) is 0 Å². The van der Waals surface area contributed by atoms with E-state index < -0.39 is 16.6 Å². The molecule has 0 unspecified atom stereocenters. The molecule has 2 saturated carbocycles. The molecule has 0 saturated heterocycles. The van der Waals surface area contributed by atoms with Crippen molar-refractivity contribution in [2.24, 2.45) is 23.2 Å². The molecule has 6 atom stereocenters. The SMILES string of the molecule is CC(=O)Oc1ccc2c(c1)C[C@@H](C)[C@@H]1[C@@H]2[C@@H](O[N+](=O)[O-])C[C@]2(C)C(=O)CC[C@@H]12. The predicted molar refractivity (Wildman–Crippen MR) is 99.2 cm³/mol. The minimum atomic E-state index is -0.725. The van der Waals surface area contributed by atoms with Crippen molar-refractivity contribution < 1.29 is 24.3 Å². The molecule has 28 heavy (non-hydrogen) atoms. The van der Waals surface area contributed by atoms with E-state index in [1.54, 1.807) is 6.07 Å². The molecule has 0 radical (unpaired) electrons. The van der Waals surface area contributed by atoms with E-state index >= 15 is 0 Å². The van der Waals surface area contributed by atoms with Crippen molar-refractivity contribution in [3.05, 3.63) is 39.4 Å². The highest BCUT2D eigenvalue weighted by Crippen LogP contribution is 2.61. The predicted octanol–water partition coefficient (Wildman–Crippen LogP) is 3.47. The molecule has 0 aliphatic heterocycles. The van der Waals surface area contributed by atoms with Gasteiger partial charge >= 0.3 is 5.97 Å². The van der Waals surface area contributed by atoms with Crippen LogP contribution in [-0.4, -0.2) is 22.9 Å². The zero-order valence-electron chi connectivity index (χ0n) is 16.3. The first-order valence-electron chi connectivity index (χ1n) is 9.86. The third kappa shape index (κ3) is 2.88. The first kappa shape index (κ1) is 18.9. The molecule has 1 aromatic rings. The maximum atomic E-state index is 12.7. The quantitative estimate of drug-likeness (QED) is 0.341. The van der Waals surface area contributed by atoms with Gasteiger partial charge < -0.3 is 9.57 Å². The molecule has 7 nitrogen and oxygen atoms in total. The number of hydrogen-bond donors (Lipinski definition) is 0. The van der Waals surface area contributed by atoms with Crippen molar-refractivity contribution >= 4 is 11.8 Å². The van der Waals surface area contributed by atoms with Gasteiger partial charge in [-0.3, -0.25) is 9.59 Å². The van der Waals surface area contributed by atoms with Crippen LogP contribution in [0.2, 0.25) is 0 Å². The van der Waals surface area contributed by atoms with Gasteiger partial charge in [-0.25, -0.2) is 0 Å². The number of hydrogen-bond acceptors (Lipinski definition) is 6. The van der Waals surface area contributed by atoms with Gasteiger partial charge in [-0.1, -0.05) is 19.9 Å². The smallest absolute Gasteiger partial charge is 0.308 e. The highest BCUT2D eigenvalue weighted by atomic mass is 17.0. The summed E-state index contributed by atoms with van der Waals surface area (Å²) in [6.45, 7) is 5.47. The second-order valence-electron chi connectivity index (χ2n) is 8.80. The Morgan fingerprint density at radius 2 is 2.11 bits per heavy atom. The van der Waals surface area contributed by atoms with E-state index in [9.17, 15) is 19.7 Å². The molecule has 0 N–H and O–H groups in total. The third-order valence-corrected chi connectivity index (χ3v) is 7.20. The number of esters is 1. The third-order valence-electron chi connectivity index (χ3n) is 7.20. The monoisotopic (exact) mass is 387 g/mol. The molecule has 4 rings (SSSR count). The van der Waals surface area contributed by atoms with Crippen LogP contribution in [0.25, 0.3) is 0 Å². The molecule has 0 heterocycles. The molecule has 3 aliphatic rings. The number of ketones is 1. The molecule has 2 fully saturated rings. The van der Waals surface area contributed by atoms with Crippen LogP contribution >= 0.6 is 0 Å². The minimum absolute atomic E-state index is 0.139. The van der Waals surface area contributed by atoms with E-state index in [4.69, 9.17) is 9.57 Å². The minimum Gasteiger partial charge on any atom is -0.427 e. The molecule has 150 valence electrons. The maximum absolute atomic E-state index is 12.7. The van der Waals surface area contributed by atoms with Crippen molar-refractivity contribution in [2.45, 2.75) is 58.5 Å². The lowest BCUT2D eigenvalue weighted by Gasteiger charge is -2.53. The van der Waals surface area contributed by atoms with Crippen molar-refractivity contribution in [1.29, 1.82) is 0 Å². The zero-order valence-corrected chi connectivity index (χ0v) is 16.3. The van der Waals surface area contributed by atoms with Crippen LogP contribution in [-0.2, 0) is 20.8 Å². The topological polar surface area (TPSA) is 95.7 Å². The molecule has 0 aromatic heterocycles. The number of fused-ring (bicyclic) bond motifs is 5. The summed E-state index contributed by atoms with van der Waals surface area (Å²) >= 11 is 0. The second-order valence-corrected chi connectivity index (χ2v) is 8.80. The van der Waals surface area contributed by atoms with Crippen LogP contribution in [0.3, 0.4) is 0 Å². The fourth-order valence-corrected chi connectivity index (χ4v) is 6.19. The molecular formula is C21H25NO6. The van der Waals surface area contributed by atoms with Crippen LogP contribution in [0.1, 0.15) is 57.1 Å². The Kier molecular flexibility index (Phi) is 4.43. The Hall–Kier alpha value is -2.44. The van der Waals surface area contributed by atoms with Gasteiger partial charge in [0.2, 0.25) is 0 Å². The second kappa shape index (κ2) is 6.57. The number of nitrogens with zero attached hydrogens (tertiary/aromatic N) is 1. The molecular weight excluding hydrogens is 362 g/mol. The summed E-state index contributed by atoms with van der Waals surface area (Å²) in [5.74, 6) is 0.790. The summed E-state index contributed by atoms with van der Waals surface area (Å²) < 4.78 is 5.22. The summed E-state index contributed by atoms with van der Waals surface area (Å²) in [4.78, 5) is 40.3. The van der Waals surface area contributed by atoms with E-state index in [-0.39, 0.29) is 35.4 Å². The van der Waals surface area contributed by atoms with Gasteiger partial charge in [-0.2, -0.15) is 0 Å². The van der Waals surface area contributed by atoms with E-state index in [0.717, 1.165) is 24.0 Å². The Morgan fingerprint density at radius 1 is 1.36 bits per heavy atom. The van der Waals surface area contributed by atoms with E-state index in [1.165, 1.54) is 6.92 Å². The Labute approximate surface area is 163 Å². The Bertz CT molecular complexity index is 851. The van der Waals surface area contributed by atoms with Gasteiger partial charge in [-0.05, 0) is 60.3 Å². The Balaban J connectivity index is 1.79. The molecule has 0 bridgehead atoms. The fourth-order valence-electron chi connectivity index (χ4n) is 6.19. The van der Waals surface area contributed by atoms with Crippen LogP contribution in [0.5, 0.6) is 5.75 Å². The van der Waals surface area contributed by atoms with Crippen LogP contribution in [0.15, 0.2) is 18.2 Å². The van der Waals surface area contributed by atoms with E-state index in [2.05, 4.69) is 6.92 Å². The average molecular weight is 387 g/mol. The number of rotatable bonds is 3. The standard InChI is InChI=1S/C21H25NO6/c1-11-8-13-9-14(27-12(2)23)4-5-15(13)20-17(28-22(25)26)10-21(3)16(19(11)20)6-7-18(21)24/h4-5,9,11,16-17,19-20H,6-8,10H2,1-3H3/t11-,16+,17+,19+,20+,21+/m1/s1. The first-order chi connectivity index (χ1) is 13.2. The van der Waals surface area contributed by atoms with E-state index in [1.807, 2.05) is 19.1 Å². The van der Waals surface area contributed by atoms with E-state index in [0.29, 0.717) is 18.6 Å². The number of carbonyl (C=O) groups is 2. The van der Waals surface area contributed by atoms with Crippen LogP contribution in [0.4, 0.5) is 0 Å². The Morgan fingerprint density at radius 3 is 2.79 bits per heavy atom. The molecule has 3 aliphatic carbocycles. The molecule has 0 spiro atoms. The van der Waals surface area contributed by atoms with Crippen LogP contribution < -0.4 is 4.74 Å². The maximum Gasteiger partial charge on any atom is 0.308 e. The van der Waals surface area contributed by atoms with Crippen molar-refractivity contribution in [3.63, 3.8) is 0 Å². The van der Waals surface area contributed by atoms with Gasteiger partial charge in [0.1, 0.15) is 17.6 Å². The van der Waals surface area contributed by atoms with Gasteiger partial charge in [0, 0.05) is 24.7 Å². The summed E-state index contributed by atoms with van der Waals surface area (Å²) in [5.41, 5.74) is 1.51. The number of benzene rings is 1. The lowest BCUT2D eigenvalue weighted by atomic mass is 9.52. The highest BCUT2D eigenvalue weighted by molar-refractivity contribution is 5.87. The van der Waals surface area contributed by atoms with Gasteiger partial charge in [-0.15, -0.1) is 10.1 Å². The highest BCUT2D eigenvalue weighted by Gasteiger charge is 2.60. The molecule has 1 aromatic carbocycles. The fraction of sp³-hybridized carbons (Fsp3) is 0.619. The van der Waals surface area contributed by atoms with Crippen molar-refractivity contribution in [1.82, 2.24) is 0 Å². The molecule has 0 amide bonds. The van der Waals surface area contributed by atoms with Gasteiger partial charge in [0.25, 0.3) is 5.09 Å². The number of ether oxygens (including phenoxy) is 1. The summed E-state index contributed by atoms with van der Waals surface area (Å²) in [6.07, 6.45) is 1.89. The lowest BCUT2D eigenvalue weighted by molar-refractivity contribution is -0.771. The van der Waals surface area contributed by atoms with Crippen LogP contribution in [0, 0.1) is 33.3 Å². The first-order valence-corrected chi connectivity index (χ1v) is 9.86. The summed E-state index contributed by atoms with van der Waals surface area (Å²) in [5, 5.41) is 10.5. The van der Waals surface area contributed by atoms with Gasteiger partial charge in [0.15, 0.2) is 0 Å². The van der Waals surface area contributed by atoms with Gasteiger partial charge in [0.05, 0.1) is 0 Å². The lowest BCUT2D eigenvalue weighted by Crippen LogP contribution is -2.52. The zero-order chi connectivity index (χ0) is 20.2. The number of Topliss-reactive ketones (excluding diaryl/α,β-unsaturated/α-hetero) is 1. The molecule has 7 heteroatoms. The summed E-state index contributed by atoms with van der Waals surface area (Å²) in [6, 6.07) is 5.51.